The van der Waals surface area contributed by atoms with Crippen LogP contribution in [0.1, 0.15) is 11.7 Å². The molecule has 0 saturated heterocycles. The second-order valence-electron chi connectivity index (χ2n) is 4.95. The van der Waals surface area contributed by atoms with E-state index in [-0.39, 0.29) is 19.0 Å². The van der Waals surface area contributed by atoms with Gasteiger partial charge in [0.2, 0.25) is 5.91 Å². The number of carbonyl (C=O) groups excluding carboxylic acids is 1. The summed E-state index contributed by atoms with van der Waals surface area (Å²) in [5.41, 5.74) is 1.53. The summed E-state index contributed by atoms with van der Waals surface area (Å²) >= 11 is 5.79. The van der Waals surface area contributed by atoms with E-state index in [2.05, 4.69) is 10.6 Å². The quantitative estimate of drug-likeness (QED) is 0.728. The first kappa shape index (κ1) is 17.1. The van der Waals surface area contributed by atoms with Crippen LogP contribution < -0.4 is 15.4 Å². The minimum Gasteiger partial charge on any atom is -0.497 e. The van der Waals surface area contributed by atoms with Crippen LogP contribution in [-0.4, -0.2) is 31.2 Å². The zero-order chi connectivity index (χ0) is 16.7. The third-order valence-electron chi connectivity index (χ3n) is 3.29. The first-order valence-electron chi connectivity index (χ1n) is 7.16. The maximum absolute atomic E-state index is 11.8. The van der Waals surface area contributed by atoms with Gasteiger partial charge in [0.05, 0.1) is 19.8 Å². The molecule has 0 fully saturated rings. The first-order chi connectivity index (χ1) is 11.1. The summed E-state index contributed by atoms with van der Waals surface area (Å²) in [5.74, 6) is 0.518. The summed E-state index contributed by atoms with van der Waals surface area (Å²) in [7, 11) is 1.58. The van der Waals surface area contributed by atoms with Crippen LogP contribution in [0.4, 0.5) is 5.69 Å². The highest BCUT2D eigenvalue weighted by Crippen LogP contribution is 2.17. The molecule has 0 aliphatic carbocycles. The van der Waals surface area contributed by atoms with E-state index >= 15 is 0 Å². The Morgan fingerprint density at radius 3 is 2.43 bits per heavy atom. The second kappa shape index (κ2) is 8.41. The number of ether oxygens (including phenoxy) is 1. The van der Waals surface area contributed by atoms with Gasteiger partial charge in [-0.3, -0.25) is 4.79 Å². The number of hydrogen-bond acceptors (Lipinski definition) is 4. The van der Waals surface area contributed by atoms with Crippen molar-refractivity contribution in [3.8, 4) is 5.75 Å². The Labute approximate surface area is 140 Å². The summed E-state index contributed by atoms with van der Waals surface area (Å²) < 4.78 is 5.06. The fraction of sp³-hybridized carbons (Fsp3) is 0.235. The molecule has 2 rings (SSSR count). The van der Waals surface area contributed by atoms with Crippen molar-refractivity contribution >= 4 is 23.2 Å². The van der Waals surface area contributed by atoms with Gasteiger partial charge in [-0.15, -0.1) is 0 Å². The molecule has 3 N–H and O–H groups in total. The second-order valence-corrected chi connectivity index (χ2v) is 5.39. The summed E-state index contributed by atoms with van der Waals surface area (Å²) in [6.07, 6.45) is -0.764. The Balaban J connectivity index is 1.75. The van der Waals surface area contributed by atoms with Crippen molar-refractivity contribution in [1.82, 2.24) is 5.32 Å². The Morgan fingerprint density at radius 2 is 1.83 bits per heavy atom. The van der Waals surface area contributed by atoms with Crippen molar-refractivity contribution in [3.05, 3.63) is 59.1 Å². The van der Waals surface area contributed by atoms with Gasteiger partial charge in [0.15, 0.2) is 0 Å². The van der Waals surface area contributed by atoms with E-state index in [9.17, 15) is 9.90 Å². The molecular weight excluding hydrogens is 316 g/mol. The van der Waals surface area contributed by atoms with Gasteiger partial charge in [0.25, 0.3) is 0 Å². The van der Waals surface area contributed by atoms with Gasteiger partial charge < -0.3 is 20.5 Å². The van der Waals surface area contributed by atoms with Crippen molar-refractivity contribution in [3.63, 3.8) is 0 Å². The molecule has 1 atom stereocenters. The number of aliphatic hydroxyl groups is 1. The van der Waals surface area contributed by atoms with Gasteiger partial charge in [-0.25, -0.2) is 0 Å². The summed E-state index contributed by atoms with van der Waals surface area (Å²) in [4.78, 5) is 11.8. The standard InChI is InChI=1S/C17H19ClN2O3/c1-23-15-8-2-12(3-9-15)16(21)10-20-17(22)11-19-14-6-4-13(18)5-7-14/h2-9,16,19,21H,10-11H2,1H3,(H,20,22)/t16-/m1/s1. The van der Waals surface area contributed by atoms with Crippen molar-refractivity contribution < 1.29 is 14.6 Å². The molecule has 0 aromatic heterocycles. The van der Waals surface area contributed by atoms with Gasteiger partial charge in [-0.1, -0.05) is 23.7 Å². The molecule has 122 valence electrons. The third kappa shape index (κ3) is 5.47. The Hall–Kier alpha value is -2.24. The van der Waals surface area contributed by atoms with E-state index < -0.39 is 6.10 Å². The predicted molar refractivity (Wildman–Crippen MR) is 90.9 cm³/mol. The molecule has 23 heavy (non-hydrogen) atoms. The number of benzene rings is 2. The number of anilines is 1. The molecule has 0 aliphatic heterocycles. The molecule has 6 heteroatoms. The first-order valence-corrected chi connectivity index (χ1v) is 7.54. The van der Waals surface area contributed by atoms with Gasteiger partial charge in [-0.2, -0.15) is 0 Å². The predicted octanol–water partition coefficient (Wildman–Crippen LogP) is 2.61. The number of rotatable bonds is 7. The maximum Gasteiger partial charge on any atom is 0.239 e. The van der Waals surface area contributed by atoms with Crippen molar-refractivity contribution in [2.24, 2.45) is 0 Å². The summed E-state index contributed by atoms with van der Waals surface area (Å²) in [6.45, 7) is 0.268. The van der Waals surface area contributed by atoms with Crippen LogP contribution in [0.25, 0.3) is 0 Å². The number of hydrogen-bond donors (Lipinski definition) is 3. The highest BCUT2D eigenvalue weighted by Gasteiger charge is 2.09. The lowest BCUT2D eigenvalue weighted by atomic mass is 10.1. The fourth-order valence-corrected chi connectivity index (χ4v) is 2.09. The average Bonchev–Trinajstić information content (AvgIpc) is 2.59. The molecule has 0 spiro atoms. The van der Waals surface area contributed by atoms with Gasteiger partial charge in [-0.05, 0) is 42.0 Å². The Morgan fingerprint density at radius 1 is 1.17 bits per heavy atom. The number of halogens is 1. The molecule has 2 aromatic rings. The summed E-state index contributed by atoms with van der Waals surface area (Å²) in [5, 5.41) is 16.4. The van der Waals surface area contributed by atoms with E-state index in [4.69, 9.17) is 16.3 Å². The molecule has 0 saturated carbocycles. The number of carbonyl (C=O) groups is 1. The van der Waals surface area contributed by atoms with E-state index in [0.717, 1.165) is 17.0 Å². The van der Waals surface area contributed by atoms with Gasteiger partial charge >= 0.3 is 0 Å². The minimum absolute atomic E-state index is 0.122. The molecule has 0 radical (unpaired) electrons. The number of aliphatic hydroxyl groups excluding tert-OH is 1. The molecule has 0 bridgehead atoms. The highest BCUT2D eigenvalue weighted by atomic mass is 35.5. The number of amides is 1. The van der Waals surface area contributed by atoms with E-state index in [1.54, 1.807) is 55.6 Å². The molecule has 2 aromatic carbocycles. The monoisotopic (exact) mass is 334 g/mol. The Bertz CT molecular complexity index is 629. The largest absolute Gasteiger partial charge is 0.497 e. The molecule has 0 heterocycles. The Kier molecular flexibility index (Phi) is 6.26. The van der Waals surface area contributed by atoms with E-state index in [1.807, 2.05) is 0 Å². The van der Waals surface area contributed by atoms with E-state index in [1.165, 1.54) is 0 Å². The number of nitrogens with one attached hydrogen (secondary N) is 2. The average molecular weight is 335 g/mol. The van der Waals surface area contributed by atoms with Crippen molar-refractivity contribution in [2.45, 2.75) is 6.10 Å². The molecular formula is C17H19ClN2O3. The zero-order valence-corrected chi connectivity index (χ0v) is 13.5. The van der Waals surface area contributed by atoms with Crippen LogP contribution in [0.5, 0.6) is 5.75 Å². The molecule has 0 unspecified atom stereocenters. The van der Waals surface area contributed by atoms with Gasteiger partial charge in [0.1, 0.15) is 5.75 Å². The SMILES string of the molecule is COc1ccc([C@H](O)CNC(=O)CNc2ccc(Cl)cc2)cc1. The maximum atomic E-state index is 11.8. The smallest absolute Gasteiger partial charge is 0.239 e. The highest BCUT2D eigenvalue weighted by molar-refractivity contribution is 6.30. The molecule has 5 nitrogen and oxygen atoms in total. The normalized spacial score (nSPS) is 11.6. The van der Waals surface area contributed by atoms with Crippen LogP contribution in [0.2, 0.25) is 5.02 Å². The fourth-order valence-electron chi connectivity index (χ4n) is 1.97. The van der Waals surface area contributed by atoms with E-state index in [0.29, 0.717) is 5.02 Å². The molecule has 1 amide bonds. The van der Waals surface area contributed by atoms with Crippen LogP contribution in [-0.2, 0) is 4.79 Å². The van der Waals surface area contributed by atoms with Crippen LogP contribution in [0, 0.1) is 0 Å². The van der Waals surface area contributed by atoms with Crippen LogP contribution in [0.3, 0.4) is 0 Å². The van der Waals surface area contributed by atoms with Crippen molar-refractivity contribution in [1.29, 1.82) is 0 Å². The van der Waals surface area contributed by atoms with Gasteiger partial charge in [0, 0.05) is 17.3 Å². The lowest BCUT2D eigenvalue weighted by molar-refractivity contribution is -0.119. The lowest BCUT2D eigenvalue weighted by Gasteiger charge is -2.13. The van der Waals surface area contributed by atoms with Crippen molar-refractivity contribution in [2.75, 3.05) is 25.5 Å². The molecule has 0 aliphatic rings. The number of methoxy groups -OCH3 is 1. The topological polar surface area (TPSA) is 70.6 Å². The van der Waals surface area contributed by atoms with Crippen LogP contribution in [0.15, 0.2) is 48.5 Å². The zero-order valence-electron chi connectivity index (χ0n) is 12.8. The lowest BCUT2D eigenvalue weighted by Crippen LogP contribution is -2.33. The third-order valence-corrected chi connectivity index (χ3v) is 3.54. The van der Waals surface area contributed by atoms with Crippen LogP contribution >= 0.6 is 11.6 Å². The minimum atomic E-state index is -0.764. The summed E-state index contributed by atoms with van der Waals surface area (Å²) in [6, 6.07) is 14.1.